The number of aromatic nitrogens is 3. The second-order valence-corrected chi connectivity index (χ2v) is 9.82. The minimum absolute atomic E-state index is 0.141. The summed E-state index contributed by atoms with van der Waals surface area (Å²) in [6.45, 7) is 6.57. The van der Waals surface area contributed by atoms with Gasteiger partial charge in [0.05, 0.1) is 44.0 Å². The van der Waals surface area contributed by atoms with Crippen LogP contribution in [0.15, 0.2) is 29.3 Å². The number of morpholine rings is 2. The first-order chi connectivity index (χ1) is 18.7. The van der Waals surface area contributed by atoms with E-state index in [1.165, 1.54) is 6.07 Å². The number of benzene rings is 1. The third-order valence-corrected chi connectivity index (χ3v) is 6.71. The van der Waals surface area contributed by atoms with Crippen molar-refractivity contribution in [1.82, 2.24) is 24.4 Å². The van der Waals surface area contributed by atoms with Gasteiger partial charge in [0.25, 0.3) is 0 Å². The van der Waals surface area contributed by atoms with Crippen molar-refractivity contribution in [3.8, 4) is 0 Å². The van der Waals surface area contributed by atoms with Gasteiger partial charge in [0.1, 0.15) is 5.69 Å². The number of anilines is 3. The van der Waals surface area contributed by atoms with Crippen molar-refractivity contribution in [3.05, 3.63) is 41.1 Å². The van der Waals surface area contributed by atoms with E-state index in [1.807, 2.05) is 30.0 Å². The van der Waals surface area contributed by atoms with Crippen molar-refractivity contribution in [2.75, 3.05) is 76.9 Å². The Morgan fingerprint density at radius 1 is 1.08 bits per heavy atom. The Morgan fingerprint density at radius 2 is 1.77 bits per heavy atom. The molecule has 0 radical (unpaired) electrons. The van der Waals surface area contributed by atoms with Crippen LogP contribution in [0.5, 0.6) is 0 Å². The molecule has 5 rings (SSSR count). The summed E-state index contributed by atoms with van der Waals surface area (Å²) < 4.78 is 54.9. The minimum Gasteiger partial charge on any atom is -0.379 e. The Kier molecular flexibility index (Phi) is 7.91. The molecule has 210 valence electrons. The van der Waals surface area contributed by atoms with Gasteiger partial charge in [0.15, 0.2) is 17.3 Å². The summed E-state index contributed by atoms with van der Waals surface area (Å²) in [5, 5.41) is 8.11. The van der Waals surface area contributed by atoms with Crippen LogP contribution in [0.3, 0.4) is 0 Å². The summed E-state index contributed by atoms with van der Waals surface area (Å²) in [6, 6.07) is 6.10. The van der Waals surface area contributed by atoms with Crippen molar-refractivity contribution in [3.63, 3.8) is 0 Å². The molecule has 10 nitrogen and oxygen atoms in total. The summed E-state index contributed by atoms with van der Waals surface area (Å²) in [7, 11) is 3.75. The molecule has 0 amide bonds. The molecule has 39 heavy (non-hydrogen) atoms. The molecule has 0 aliphatic carbocycles. The molecule has 0 atom stereocenters. The molecule has 3 aromatic rings. The van der Waals surface area contributed by atoms with E-state index in [0.29, 0.717) is 87.0 Å². The number of halogens is 3. The predicted octanol–water partition coefficient (Wildman–Crippen LogP) is 3.69. The maximum Gasteiger partial charge on any atom is 0.416 e. The Bertz CT molecular complexity index is 1330. The fourth-order valence-corrected chi connectivity index (χ4v) is 4.71. The second kappa shape index (κ2) is 11.4. The lowest BCUT2D eigenvalue weighted by Gasteiger charge is -2.29. The maximum atomic E-state index is 14.1. The number of ether oxygens (including phenoxy) is 2. The Hall–Kier alpha value is -3.42. The number of fused-ring (bicyclic) bond motifs is 1. The van der Waals surface area contributed by atoms with Gasteiger partial charge in [0.2, 0.25) is 0 Å². The second-order valence-electron chi connectivity index (χ2n) is 9.82. The average molecular weight is 547 g/mol. The highest BCUT2D eigenvalue weighted by Crippen LogP contribution is 2.38. The summed E-state index contributed by atoms with van der Waals surface area (Å²) in [5.74, 6) is 1.18. The van der Waals surface area contributed by atoms with Gasteiger partial charge in [0, 0.05) is 64.1 Å². The van der Waals surface area contributed by atoms with Crippen molar-refractivity contribution in [1.29, 1.82) is 0 Å². The SMILES string of the molecule is Cc1nc2c(N=CN(C)C)cc(N3CCOCC3)nn2c1Nc1cccc(C(F)(F)F)c1CN1CCOCC1. The lowest BCUT2D eigenvalue weighted by molar-refractivity contribution is -0.138. The molecule has 2 aliphatic rings. The topological polar surface area (TPSA) is 82.8 Å². The molecular formula is C26H33F3N8O2. The van der Waals surface area contributed by atoms with Crippen LogP contribution in [0, 0.1) is 6.92 Å². The molecule has 0 bridgehead atoms. The smallest absolute Gasteiger partial charge is 0.379 e. The Morgan fingerprint density at radius 3 is 2.44 bits per heavy atom. The van der Waals surface area contributed by atoms with E-state index in [4.69, 9.17) is 19.6 Å². The number of hydrogen-bond donors (Lipinski definition) is 1. The lowest BCUT2D eigenvalue weighted by atomic mass is 10.0. The molecule has 0 spiro atoms. The summed E-state index contributed by atoms with van der Waals surface area (Å²) in [6.07, 6.45) is -2.81. The summed E-state index contributed by atoms with van der Waals surface area (Å²) in [4.78, 5) is 15.2. The number of nitrogens with one attached hydrogen (secondary N) is 1. The number of imidazole rings is 1. The number of nitrogens with zero attached hydrogens (tertiary/aromatic N) is 7. The van der Waals surface area contributed by atoms with E-state index in [0.717, 1.165) is 6.07 Å². The van der Waals surface area contributed by atoms with Crippen LogP contribution >= 0.6 is 0 Å². The van der Waals surface area contributed by atoms with E-state index < -0.39 is 11.7 Å². The lowest BCUT2D eigenvalue weighted by Crippen LogP contribution is -2.37. The Labute approximate surface area is 225 Å². The van der Waals surface area contributed by atoms with Gasteiger partial charge in [-0.2, -0.15) is 17.7 Å². The van der Waals surface area contributed by atoms with Gasteiger partial charge in [-0.25, -0.2) is 9.98 Å². The van der Waals surface area contributed by atoms with Crippen molar-refractivity contribution >= 4 is 35.0 Å². The van der Waals surface area contributed by atoms with Gasteiger partial charge < -0.3 is 24.6 Å². The van der Waals surface area contributed by atoms with Crippen LogP contribution in [0.1, 0.15) is 16.8 Å². The van der Waals surface area contributed by atoms with E-state index >= 15 is 0 Å². The molecule has 1 aromatic carbocycles. The third kappa shape index (κ3) is 6.10. The van der Waals surface area contributed by atoms with Crippen molar-refractivity contribution in [2.24, 2.45) is 4.99 Å². The minimum atomic E-state index is -4.50. The van der Waals surface area contributed by atoms with Crippen LogP contribution in [0.4, 0.5) is 36.2 Å². The quantitative estimate of drug-likeness (QED) is 0.355. The van der Waals surface area contributed by atoms with Crippen LogP contribution in [0.25, 0.3) is 5.65 Å². The molecule has 1 N–H and O–H groups in total. The number of rotatable bonds is 7. The number of aryl methyl sites for hydroxylation is 1. The van der Waals surface area contributed by atoms with Crippen molar-refractivity contribution in [2.45, 2.75) is 19.6 Å². The predicted molar refractivity (Wildman–Crippen MR) is 143 cm³/mol. The number of hydrogen-bond acceptors (Lipinski definition) is 8. The summed E-state index contributed by atoms with van der Waals surface area (Å²) in [5.41, 5.74) is 1.58. The largest absolute Gasteiger partial charge is 0.416 e. The molecule has 2 fully saturated rings. The number of alkyl halides is 3. The maximum absolute atomic E-state index is 14.1. The third-order valence-electron chi connectivity index (χ3n) is 6.71. The monoisotopic (exact) mass is 546 g/mol. The average Bonchev–Trinajstić information content (AvgIpc) is 3.23. The zero-order chi connectivity index (χ0) is 27.6. The molecule has 13 heteroatoms. The zero-order valence-electron chi connectivity index (χ0n) is 22.3. The first kappa shape index (κ1) is 27.2. The van der Waals surface area contributed by atoms with Crippen LogP contribution in [0.2, 0.25) is 0 Å². The van der Waals surface area contributed by atoms with Gasteiger partial charge in [-0.05, 0) is 19.1 Å². The highest BCUT2D eigenvalue weighted by atomic mass is 19.4. The van der Waals surface area contributed by atoms with Crippen molar-refractivity contribution < 1.29 is 22.6 Å². The normalized spacial score (nSPS) is 17.3. The molecule has 2 aliphatic heterocycles. The highest BCUT2D eigenvalue weighted by Gasteiger charge is 2.35. The van der Waals surface area contributed by atoms with E-state index in [9.17, 15) is 13.2 Å². The van der Waals surface area contributed by atoms with E-state index in [-0.39, 0.29) is 12.1 Å². The van der Waals surface area contributed by atoms with Crippen LogP contribution in [-0.2, 0) is 22.2 Å². The van der Waals surface area contributed by atoms with Gasteiger partial charge >= 0.3 is 6.18 Å². The first-order valence-electron chi connectivity index (χ1n) is 12.9. The molecular weight excluding hydrogens is 513 g/mol. The molecule has 2 saturated heterocycles. The standard InChI is InChI=1S/C26H33F3N8O2/c1-18-24(32-21-6-4-5-20(26(27,28)29)19(21)16-35-7-11-38-12-8-35)37-25(31-18)22(30-17-34(2)3)15-23(33-37)36-9-13-39-14-10-36/h4-6,15,17,32H,7-14,16H2,1-3H3. The van der Waals surface area contributed by atoms with Crippen LogP contribution in [-0.4, -0.2) is 97.4 Å². The van der Waals surface area contributed by atoms with Gasteiger partial charge in [-0.1, -0.05) is 6.07 Å². The Balaban J connectivity index is 1.60. The first-order valence-corrected chi connectivity index (χ1v) is 12.9. The molecule has 0 unspecified atom stereocenters. The summed E-state index contributed by atoms with van der Waals surface area (Å²) >= 11 is 0. The molecule has 4 heterocycles. The van der Waals surface area contributed by atoms with Crippen LogP contribution < -0.4 is 10.2 Å². The number of aliphatic imine (C=N–C) groups is 1. The highest BCUT2D eigenvalue weighted by molar-refractivity contribution is 5.77. The van der Waals surface area contributed by atoms with Gasteiger partial charge in [-0.3, -0.25) is 4.90 Å². The zero-order valence-corrected chi connectivity index (χ0v) is 22.3. The van der Waals surface area contributed by atoms with E-state index in [2.05, 4.69) is 15.2 Å². The van der Waals surface area contributed by atoms with E-state index in [1.54, 1.807) is 23.8 Å². The van der Waals surface area contributed by atoms with Gasteiger partial charge in [-0.15, -0.1) is 5.10 Å². The fourth-order valence-electron chi connectivity index (χ4n) is 4.71. The molecule has 2 aromatic heterocycles. The molecule has 0 saturated carbocycles. The fraction of sp³-hybridized carbons (Fsp3) is 0.500.